The largest absolute Gasteiger partial charge is 0.411 e. The highest BCUT2D eigenvalue weighted by atomic mass is 35.5. The first kappa shape index (κ1) is 14.0. The Kier molecular flexibility index (Phi) is 3.66. The van der Waals surface area contributed by atoms with Crippen LogP contribution in [0.4, 0.5) is 17.1 Å². The first-order chi connectivity index (χ1) is 10.1. The maximum absolute atomic E-state index is 9.20. The molecule has 2 aromatic rings. The Labute approximate surface area is 132 Å². The van der Waals surface area contributed by atoms with E-state index in [9.17, 15) is 5.21 Å². The van der Waals surface area contributed by atoms with E-state index < -0.39 is 0 Å². The van der Waals surface area contributed by atoms with E-state index in [0.717, 1.165) is 11.4 Å². The maximum Gasteiger partial charge on any atom is 0.0927 e. The third kappa shape index (κ3) is 2.41. The summed E-state index contributed by atoms with van der Waals surface area (Å²) in [6.07, 6.45) is 0.580. The highest BCUT2D eigenvalue weighted by Crippen LogP contribution is 2.39. The van der Waals surface area contributed by atoms with Crippen molar-refractivity contribution in [1.29, 1.82) is 0 Å². The van der Waals surface area contributed by atoms with Crippen molar-refractivity contribution < 1.29 is 5.21 Å². The average Bonchev–Trinajstić information content (AvgIpc) is 2.51. The number of nitrogen functional groups attached to an aromatic ring is 1. The minimum absolute atomic E-state index is 0.431. The van der Waals surface area contributed by atoms with Gasteiger partial charge in [-0.15, -0.1) is 0 Å². The van der Waals surface area contributed by atoms with Crippen molar-refractivity contribution in [2.24, 2.45) is 5.16 Å². The highest BCUT2D eigenvalue weighted by Gasteiger charge is 2.26. The molecule has 0 spiro atoms. The molecule has 108 valence electrons. The molecule has 1 aliphatic heterocycles. The zero-order chi connectivity index (χ0) is 15.0. The number of fused-ring (bicyclic) bond motifs is 1. The molecule has 1 aliphatic rings. The summed E-state index contributed by atoms with van der Waals surface area (Å²) in [6.45, 7) is 0.690. The Hall–Kier alpha value is -1.91. The molecular formula is C15H13Cl2N3O. The Morgan fingerprint density at radius 2 is 1.81 bits per heavy atom. The van der Waals surface area contributed by atoms with E-state index in [1.165, 1.54) is 0 Å². The Balaban J connectivity index is 2.16. The summed E-state index contributed by atoms with van der Waals surface area (Å²) in [5.41, 5.74) is 9.60. The monoisotopic (exact) mass is 321 g/mol. The number of anilines is 3. The van der Waals surface area contributed by atoms with Gasteiger partial charge in [-0.3, -0.25) is 0 Å². The fourth-order valence-electron chi connectivity index (χ4n) is 2.56. The lowest BCUT2D eigenvalue weighted by molar-refractivity contribution is 0.318. The summed E-state index contributed by atoms with van der Waals surface area (Å²) < 4.78 is 0. The summed E-state index contributed by atoms with van der Waals surface area (Å²) in [5, 5.41) is 13.7. The first-order valence-electron chi connectivity index (χ1n) is 6.44. The van der Waals surface area contributed by atoms with Gasteiger partial charge in [0.1, 0.15) is 0 Å². The molecule has 1 heterocycles. The van der Waals surface area contributed by atoms with Crippen molar-refractivity contribution in [1.82, 2.24) is 0 Å². The average molecular weight is 322 g/mol. The molecule has 21 heavy (non-hydrogen) atoms. The van der Waals surface area contributed by atoms with E-state index in [0.29, 0.717) is 40.0 Å². The van der Waals surface area contributed by atoms with Gasteiger partial charge in [0.05, 0.1) is 22.1 Å². The first-order valence-corrected chi connectivity index (χ1v) is 7.20. The summed E-state index contributed by atoms with van der Waals surface area (Å²) in [5.74, 6) is 0. The van der Waals surface area contributed by atoms with Crippen molar-refractivity contribution in [3.05, 3.63) is 52.0 Å². The van der Waals surface area contributed by atoms with Crippen LogP contribution in [0.2, 0.25) is 10.0 Å². The van der Waals surface area contributed by atoms with Crippen molar-refractivity contribution in [2.75, 3.05) is 17.2 Å². The van der Waals surface area contributed by atoms with Crippen LogP contribution in [-0.2, 0) is 0 Å². The molecule has 0 saturated carbocycles. The number of hydrogen-bond donors (Lipinski definition) is 2. The van der Waals surface area contributed by atoms with Gasteiger partial charge in [-0.2, -0.15) is 0 Å². The van der Waals surface area contributed by atoms with Gasteiger partial charge >= 0.3 is 0 Å². The van der Waals surface area contributed by atoms with Gasteiger partial charge in [0.25, 0.3) is 0 Å². The number of nitrogens with zero attached hydrogens (tertiary/aromatic N) is 2. The lowest BCUT2D eigenvalue weighted by atomic mass is 9.97. The van der Waals surface area contributed by atoms with Gasteiger partial charge in [0, 0.05) is 29.2 Å². The van der Waals surface area contributed by atoms with Crippen LogP contribution < -0.4 is 10.6 Å². The normalized spacial score (nSPS) is 16.1. The van der Waals surface area contributed by atoms with Gasteiger partial charge in [-0.05, 0) is 36.4 Å². The molecule has 0 fully saturated rings. The van der Waals surface area contributed by atoms with Crippen LogP contribution in [0.3, 0.4) is 0 Å². The minimum atomic E-state index is 0.431. The number of oxime groups is 1. The standard InChI is InChI=1S/C15H13Cl2N3O/c16-9-1-3-10(4-2-9)20-8-7-12(19-21)14-13(20)6-5-11(17)15(14)18/h1-6,21H,7-8,18H2/b19-12+. The number of nitrogens with two attached hydrogens (primary N) is 1. The van der Waals surface area contributed by atoms with E-state index in [-0.39, 0.29) is 0 Å². The third-order valence-corrected chi connectivity index (χ3v) is 4.16. The van der Waals surface area contributed by atoms with Crippen LogP contribution in [0.25, 0.3) is 0 Å². The Morgan fingerprint density at radius 3 is 2.48 bits per heavy atom. The van der Waals surface area contributed by atoms with Crippen LogP contribution in [0.1, 0.15) is 12.0 Å². The van der Waals surface area contributed by atoms with E-state index in [2.05, 4.69) is 10.1 Å². The molecular weight excluding hydrogens is 309 g/mol. The maximum atomic E-state index is 9.20. The molecule has 0 atom stereocenters. The molecule has 0 unspecified atom stereocenters. The molecule has 0 amide bonds. The molecule has 6 heteroatoms. The second kappa shape index (κ2) is 5.47. The smallest absolute Gasteiger partial charge is 0.0927 e. The van der Waals surface area contributed by atoms with Crippen LogP contribution >= 0.6 is 23.2 Å². The van der Waals surface area contributed by atoms with Crippen LogP contribution in [-0.4, -0.2) is 17.5 Å². The number of hydrogen-bond acceptors (Lipinski definition) is 4. The van der Waals surface area contributed by atoms with Crippen molar-refractivity contribution in [3.8, 4) is 0 Å². The lowest BCUT2D eigenvalue weighted by Gasteiger charge is -2.32. The van der Waals surface area contributed by atoms with Gasteiger partial charge in [-0.1, -0.05) is 28.4 Å². The minimum Gasteiger partial charge on any atom is -0.411 e. The van der Waals surface area contributed by atoms with Crippen molar-refractivity contribution in [2.45, 2.75) is 6.42 Å². The number of halogens is 2. The van der Waals surface area contributed by atoms with Crippen LogP contribution in [0.15, 0.2) is 41.6 Å². The van der Waals surface area contributed by atoms with Crippen molar-refractivity contribution >= 4 is 46.0 Å². The second-order valence-corrected chi connectivity index (χ2v) is 5.62. The third-order valence-electron chi connectivity index (χ3n) is 3.58. The fourth-order valence-corrected chi connectivity index (χ4v) is 2.85. The van der Waals surface area contributed by atoms with Crippen molar-refractivity contribution in [3.63, 3.8) is 0 Å². The zero-order valence-electron chi connectivity index (χ0n) is 11.1. The molecule has 3 N–H and O–H groups in total. The molecule has 0 aliphatic carbocycles. The van der Waals surface area contributed by atoms with E-state index in [1.54, 1.807) is 6.07 Å². The molecule has 0 saturated heterocycles. The molecule has 4 nitrogen and oxygen atoms in total. The lowest BCUT2D eigenvalue weighted by Crippen LogP contribution is -2.29. The van der Waals surface area contributed by atoms with Gasteiger partial charge < -0.3 is 15.8 Å². The van der Waals surface area contributed by atoms with Crippen LogP contribution in [0, 0.1) is 0 Å². The van der Waals surface area contributed by atoms with Crippen LogP contribution in [0.5, 0.6) is 0 Å². The second-order valence-electron chi connectivity index (χ2n) is 4.78. The molecule has 0 aromatic heterocycles. The summed E-state index contributed by atoms with van der Waals surface area (Å²) >= 11 is 12.0. The fraction of sp³-hybridized carbons (Fsp3) is 0.133. The highest BCUT2D eigenvalue weighted by molar-refractivity contribution is 6.34. The topological polar surface area (TPSA) is 61.9 Å². The number of rotatable bonds is 1. The summed E-state index contributed by atoms with van der Waals surface area (Å²) in [6, 6.07) is 11.2. The quantitative estimate of drug-likeness (QED) is 0.467. The predicted octanol–water partition coefficient (Wildman–Crippen LogP) is 4.30. The van der Waals surface area contributed by atoms with Gasteiger partial charge in [-0.25, -0.2) is 0 Å². The summed E-state index contributed by atoms with van der Waals surface area (Å²) in [4.78, 5) is 2.10. The molecule has 3 rings (SSSR count). The summed E-state index contributed by atoms with van der Waals surface area (Å²) in [7, 11) is 0. The SMILES string of the molecule is Nc1c(Cl)ccc2c1/C(=N/O)CCN2c1ccc(Cl)cc1. The Bertz CT molecular complexity index is 714. The molecule has 2 aromatic carbocycles. The van der Waals surface area contributed by atoms with E-state index in [4.69, 9.17) is 28.9 Å². The van der Waals surface area contributed by atoms with Gasteiger partial charge in [0.2, 0.25) is 0 Å². The van der Waals surface area contributed by atoms with E-state index >= 15 is 0 Å². The zero-order valence-corrected chi connectivity index (χ0v) is 12.6. The van der Waals surface area contributed by atoms with E-state index in [1.807, 2.05) is 30.3 Å². The number of benzene rings is 2. The molecule has 0 bridgehead atoms. The Morgan fingerprint density at radius 1 is 1.10 bits per heavy atom. The molecule has 0 radical (unpaired) electrons. The van der Waals surface area contributed by atoms with Gasteiger partial charge in [0.15, 0.2) is 0 Å². The predicted molar refractivity (Wildman–Crippen MR) is 87.3 cm³/mol.